The van der Waals surface area contributed by atoms with Gasteiger partial charge in [-0.05, 0) is 47.6 Å². The Morgan fingerprint density at radius 2 is 1.60 bits per heavy atom. The van der Waals surface area contributed by atoms with E-state index in [1.165, 1.54) is 12.1 Å². The van der Waals surface area contributed by atoms with Crippen LogP contribution in [0.15, 0.2) is 54.6 Å². The third kappa shape index (κ3) is 13.8. The number of nitrogens with one attached hydrogen (secondary N) is 6. The third-order valence-electron chi connectivity index (χ3n) is 7.57. The molecule has 2 aromatic carbocycles. The first-order valence-corrected chi connectivity index (χ1v) is 16.5. The molecule has 0 radical (unpaired) electrons. The van der Waals surface area contributed by atoms with Crippen molar-refractivity contribution in [3.63, 3.8) is 0 Å². The van der Waals surface area contributed by atoms with Gasteiger partial charge in [0.15, 0.2) is 6.10 Å². The maximum absolute atomic E-state index is 13.8. The largest absolute Gasteiger partial charge is 0.573 e. The van der Waals surface area contributed by atoms with Crippen LogP contribution in [-0.2, 0) is 25.6 Å². The second-order valence-electron chi connectivity index (χ2n) is 12.8. The average Bonchev–Trinajstić information content (AvgIpc) is 3.63. The Kier molecular flexibility index (Phi) is 15.2. The van der Waals surface area contributed by atoms with Crippen molar-refractivity contribution in [3.8, 4) is 5.75 Å². The predicted octanol–water partition coefficient (Wildman–Crippen LogP) is 0.554. The maximum Gasteiger partial charge on any atom is 0.573 e. The first-order chi connectivity index (χ1) is 24.9. The number of hydrogen-bond acceptors (Lipinski definition) is 11. The van der Waals surface area contributed by atoms with Crippen LogP contribution < -0.4 is 37.1 Å². The standard InChI is InChI=1S/C33H43F3N10O7/c1-17(2)13-24(41-30(50)25(18(3)4)42-28(48)22(37)16-38-32(52)27-43-45-46-44-27)29(49)40-23(14-19-9-6-5-7-10-19)26(47)31(51)39-20-11-8-12-21(15-20)53-33(34,35)36/h5-12,15,17-18,22-26,47H,13-14,16,37H2,1-4H3,(H,38,52)(H,39,51)(H,40,49)(H,41,50)(H,42,48)(H,43,44,45,46)/t22-,23-,24-,25-,26+/m0/s1. The molecule has 9 N–H and O–H groups in total. The van der Waals surface area contributed by atoms with Gasteiger partial charge in [-0.1, -0.05) is 64.1 Å². The normalized spacial score (nSPS) is 14.3. The number of aliphatic hydroxyl groups excluding tert-OH is 1. The molecule has 20 heteroatoms. The zero-order chi connectivity index (χ0) is 39.3. The molecule has 0 bridgehead atoms. The van der Waals surface area contributed by atoms with E-state index in [1.807, 2.05) is 0 Å². The number of rotatable bonds is 18. The summed E-state index contributed by atoms with van der Waals surface area (Å²) in [6.07, 6.45) is -6.82. The van der Waals surface area contributed by atoms with Gasteiger partial charge in [-0.25, -0.2) is 0 Å². The number of nitrogens with two attached hydrogens (primary N) is 1. The van der Waals surface area contributed by atoms with Crippen molar-refractivity contribution in [1.29, 1.82) is 0 Å². The molecule has 1 heterocycles. The molecule has 0 unspecified atom stereocenters. The Labute approximate surface area is 302 Å². The number of tetrazole rings is 1. The van der Waals surface area contributed by atoms with Crippen LogP contribution in [0.1, 0.15) is 50.3 Å². The SMILES string of the molecule is CC(C)C[C@H](NC(=O)[C@@H](NC(=O)[C@@H](N)CNC(=O)c1nn[nH]n1)C(C)C)C(=O)N[C@@H](Cc1ccccc1)[C@@H](O)C(=O)Nc1cccc(OC(F)(F)F)c1. The Bertz CT molecular complexity index is 1680. The number of alkyl halides is 3. The number of aliphatic hydroxyl groups is 1. The molecule has 3 aromatic rings. The first kappa shape index (κ1) is 41.8. The monoisotopic (exact) mass is 748 g/mol. The van der Waals surface area contributed by atoms with Crippen LogP contribution in [0.4, 0.5) is 18.9 Å². The number of aromatic nitrogens is 4. The molecule has 0 aliphatic heterocycles. The second kappa shape index (κ2) is 19.3. The third-order valence-corrected chi connectivity index (χ3v) is 7.57. The number of aromatic amines is 1. The summed E-state index contributed by atoms with van der Waals surface area (Å²) in [5.41, 5.74) is 6.46. The Hall–Kier alpha value is -5.63. The summed E-state index contributed by atoms with van der Waals surface area (Å²) in [5.74, 6) is -5.52. The van der Waals surface area contributed by atoms with Crippen molar-refractivity contribution in [2.75, 3.05) is 11.9 Å². The first-order valence-electron chi connectivity index (χ1n) is 16.5. The van der Waals surface area contributed by atoms with Gasteiger partial charge in [0.2, 0.25) is 17.7 Å². The Morgan fingerprint density at radius 3 is 2.21 bits per heavy atom. The van der Waals surface area contributed by atoms with Crippen molar-refractivity contribution in [2.24, 2.45) is 17.6 Å². The quantitative estimate of drug-likeness (QED) is 0.0892. The summed E-state index contributed by atoms with van der Waals surface area (Å²) in [6.45, 7) is 6.59. The van der Waals surface area contributed by atoms with Crippen LogP contribution in [0, 0.1) is 11.8 Å². The van der Waals surface area contributed by atoms with E-state index in [0.717, 1.165) is 12.1 Å². The van der Waals surface area contributed by atoms with E-state index >= 15 is 0 Å². The van der Waals surface area contributed by atoms with Gasteiger partial charge in [-0.2, -0.15) is 5.21 Å². The van der Waals surface area contributed by atoms with E-state index in [9.17, 15) is 42.3 Å². The summed E-state index contributed by atoms with van der Waals surface area (Å²) in [7, 11) is 0. The number of carbonyl (C=O) groups is 5. The fourth-order valence-electron chi connectivity index (χ4n) is 4.95. The summed E-state index contributed by atoms with van der Waals surface area (Å²) in [6, 6.07) is 8.10. The molecule has 0 spiro atoms. The van der Waals surface area contributed by atoms with E-state index in [-0.39, 0.29) is 36.8 Å². The van der Waals surface area contributed by atoms with Gasteiger partial charge in [0.25, 0.3) is 17.6 Å². The summed E-state index contributed by atoms with van der Waals surface area (Å²) in [5, 5.41) is 36.2. The zero-order valence-corrected chi connectivity index (χ0v) is 29.3. The van der Waals surface area contributed by atoms with Crippen LogP contribution in [0.5, 0.6) is 5.75 Å². The molecule has 17 nitrogen and oxygen atoms in total. The molecule has 1 aromatic heterocycles. The number of ether oxygens (including phenoxy) is 1. The lowest BCUT2D eigenvalue weighted by atomic mass is 9.97. The zero-order valence-electron chi connectivity index (χ0n) is 29.3. The van der Waals surface area contributed by atoms with Gasteiger partial charge in [-0.15, -0.1) is 23.4 Å². The summed E-state index contributed by atoms with van der Waals surface area (Å²) in [4.78, 5) is 65.5. The van der Waals surface area contributed by atoms with Crippen LogP contribution in [0.2, 0.25) is 0 Å². The molecule has 0 aliphatic rings. The molecule has 5 atom stereocenters. The van der Waals surface area contributed by atoms with Crippen molar-refractivity contribution >= 4 is 35.2 Å². The Morgan fingerprint density at radius 1 is 0.906 bits per heavy atom. The van der Waals surface area contributed by atoms with E-state index in [4.69, 9.17) is 5.73 Å². The van der Waals surface area contributed by atoms with E-state index < -0.39 is 77.8 Å². The summed E-state index contributed by atoms with van der Waals surface area (Å²) < 4.78 is 42.1. The highest BCUT2D eigenvalue weighted by molar-refractivity contribution is 5.96. The van der Waals surface area contributed by atoms with Gasteiger partial charge < -0.3 is 42.2 Å². The van der Waals surface area contributed by atoms with E-state index in [1.54, 1.807) is 58.0 Å². The predicted molar refractivity (Wildman–Crippen MR) is 182 cm³/mol. The van der Waals surface area contributed by atoms with Gasteiger partial charge in [0, 0.05) is 18.3 Å². The molecular formula is C33H43F3N10O7. The van der Waals surface area contributed by atoms with Crippen LogP contribution >= 0.6 is 0 Å². The smallest absolute Gasteiger partial charge is 0.406 e. The molecule has 3 rings (SSSR count). The van der Waals surface area contributed by atoms with E-state index in [0.29, 0.717) is 5.56 Å². The van der Waals surface area contributed by atoms with Gasteiger partial charge in [0.05, 0.1) is 6.04 Å². The van der Waals surface area contributed by atoms with Crippen LogP contribution in [0.3, 0.4) is 0 Å². The van der Waals surface area contributed by atoms with Gasteiger partial charge >= 0.3 is 6.36 Å². The lowest BCUT2D eigenvalue weighted by Gasteiger charge is -2.29. The van der Waals surface area contributed by atoms with Crippen molar-refractivity contribution in [1.82, 2.24) is 41.9 Å². The highest BCUT2D eigenvalue weighted by atomic mass is 19.4. The highest BCUT2D eigenvalue weighted by Crippen LogP contribution is 2.25. The fourth-order valence-corrected chi connectivity index (χ4v) is 4.95. The number of hydrogen-bond donors (Lipinski definition) is 8. The molecule has 53 heavy (non-hydrogen) atoms. The molecule has 288 valence electrons. The lowest BCUT2D eigenvalue weighted by molar-refractivity contribution is -0.274. The second-order valence-corrected chi connectivity index (χ2v) is 12.8. The average molecular weight is 749 g/mol. The Balaban J connectivity index is 1.74. The minimum Gasteiger partial charge on any atom is -0.406 e. The summed E-state index contributed by atoms with van der Waals surface area (Å²) >= 11 is 0. The van der Waals surface area contributed by atoms with Crippen LogP contribution in [0.25, 0.3) is 0 Å². The minimum atomic E-state index is -4.97. The number of nitrogens with zero attached hydrogens (tertiary/aromatic N) is 3. The molecule has 5 amide bonds. The molecule has 0 saturated heterocycles. The molecule has 0 aliphatic carbocycles. The molecule has 0 saturated carbocycles. The van der Waals surface area contributed by atoms with E-state index in [2.05, 4.69) is 51.9 Å². The number of halogens is 3. The van der Waals surface area contributed by atoms with Gasteiger partial charge in [0.1, 0.15) is 23.9 Å². The molecule has 0 fully saturated rings. The highest BCUT2D eigenvalue weighted by Gasteiger charge is 2.35. The van der Waals surface area contributed by atoms with Crippen molar-refractivity contribution < 1.29 is 47.0 Å². The van der Waals surface area contributed by atoms with Crippen molar-refractivity contribution in [3.05, 3.63) is 66.0 Å². The topological polar surface area (TPSA) is 255 Å². The number of H-pyrrole nitrogens is 1. The van der Waals surface area contributed by atoms with Crippen LogP contribution in [-0.4, -0.2) is 98.4 Å². The van der Waals surface area contributed by atoms with Gasteiger partial charge in [-0.3, -0.25) is 24.0 Å². The number of carbonyl (C=O) groups excluding carboxylic acids is 5. The number of anilines is 1. The minimum absolute atomic E-state index is 0.0490. The maximum atomic E-state index is 13.8. The van der Waals surface area contributed by atoms with Crippen molar-refractivity contribution in [2.45, 2.75) is 77.2 Å². The number of benzene rings is 2. The molecular weight excluding hydrogens is 705 g/mol. The lowest BCUT2D eigenvalue weighted by Crippen LogP contribution is -2.60. The fraction of sp³-hybridized carbons (Fsp3) is 0.455. The number of amides is 5.